The number of hydrogen-bond donors (Lipinski definition) is 1. The van der Waals surface area contributed by atoms with E-state index in [9.17, 15) is 4.21 Å². The van der Waals surface area contributed by atoms with Crippen LogP contribution in [-0.2, 0) is 11.0 Å². The highest BCUT2D eigenvalue weighted by molar-refractivity contribution is 7.84. The molecule has 0 radical (unpaired) electrons. The zero-order chi connectivity index (χ0) is 15.7. The zero-order valence-corrected chi connectivity index (χ0v) is 14.2. The smallest absolute Gasteiger partial charge is 0.0975 e. The molecule has 3 unspecified atom stereocenters. The molecule has 1 aliphatic rings. The summed E-state index contributed by atoms with van der Waals surface area (Å²) in [4.78, 5) is 0. The second kappa shape index (κ2) is 5.98. The highest BCUT2D eigenvalue weighted by Gasteiger charge is 2.34. The Kier molecular flexibility index (Phi) is 4.20. The maximum absolute atomic E-state index is 12.5. The van der Waals surface area contributed by atoms with Crippen LogP contribution < -0.4 is 4.72 Å². The first-order chi connectivity index (χ1) is 10.5. The van der Waals surface area contributed by atoms with Gasteiger partial charge in [0, 0.05) is 12.0 Å². The molecule has 116 valence electrons. The summed E-state index contributed by atoms with van der Waals surface area (Å²) >= 11 is 0. The Labute approximate surface area is 135 Å². The summed E-state index contributed by atoms with van der Waals surface area (Å²) < 4.78 is 15.6. The van der Waals surface area contributed by atoms with E-state index in [1.807, 2.05) is 20.8 Å². The Bertz CT molecular complexity index is 675. The molecule has 3 atom stereocenters. The lowest BCUT2D eigenvalue weighted by molar-refractivity contribution is 0.581. The molecule has 0 spiro atoms. The first-order valence-electron chi connectivity index (χ1n) is 7.78. The summed E-state index contributed by atoms with van der Waals surface area (Å²) in [6.07, 6.45) is 0.963. The van der Waals surface area contributed by atoms with Crippen LogP contribution in [0.25, 0.3) is 0 Å². The third-order valence-corrected chi connectivity index (χ3v) is 5.84. The topological polar surface area (TPSA) is 29.1 Å². The standard InChI is InChI=1S/C19H23NOS/c1-19(2,3)22(21)20-18-13-17(14-9-5-4-6-10-14)15-11-7-8-12-16(15)18/h4-12,17-18,20H,13H2,1-3H3. The quantitative estimate of drug-likeness (QED) is 0.898. The minimum absolute atomic E-state index is 0.154. The maximum atomic E-state index is 12.5. The SMILES string of the molecule is CC(C)(C)S(=O)NC1CC(c2ccccc2)c2ccccc21. The van der Waals surface area contributed by atoms with Gasteiger partial charge in [0.15, 0.2) is 0 Å². The molecule has 0 fully saturated rings. The molecule has 2 aromatic rings. The second-order valence-electron chi connectivity index (χ2n) is 6.88. The summed E-state index contributed by atoms with van der Waals surface area (Å²) in [5.41, 5.74) is 3.98. The van der Waals surface area contributed by atoms with Gasteiger partial charge in [0.25, 0.3) is 0 Å². The van der Waals surface area contributed by atoms with Gasteiger partial charge in [-0.05, 0) is 43.9 Å². The average molecular weight is 313 g/mol. The summed E-state index contributed by atoms with van der Waals surface area (Å²) in [7, 11) is -1.06. The normalized spacial score (nSPS) is 22.3. The van der Waals surface area contributed by atoms with Gasteiger partial charge in [-0.15, -0.1) is 0 Å². The van der Waals surface area contributed by atoms with Crippen molar-refractivity contribution in [2.75, 3.05) is 0 Å². The zero-order valence-electron chi connectivity index (χ0n) is 13.4. The van der Waals surface area contributed by atoms with Gasteiger partial charge in [0.05, 0.1) is 15.7 Å². The van der Waals surface area contributed by atoms with Gasteiger partial charge in [-0.1, -0.05) is 54.6 Å². The summed E-state index contributed by atoms with van der Waals surface area (Å²) in [6, 6.07) is 19.3. The van der Waals surface area contributed by atoms with Gasteiger partial charge in [0.1, 0.15) is 0 Å². The molecule has 2 aromatic carbocycles. The molecule has 1 aliphatic carbocycles. The fourth-order valence-corrected chi connectivity index (χ4v) is 3.89. The van der Waals surface area contributed by atoms with Gasteiger partial charge in [-0.2, -0.15) is 0 Å². The van der Waals surface area contributed by atoms with Gasteiger partial charge < -0.3 is 0 Å². The average Bonchev–Trinajstić information content (AvgIpc) is 2.86. The Morgan fingerprint density at radius 2 is 1.55 bits per heavy atom. The van der Waals surface area contributed by atoms with E-state index in [2.05, 4.69) is 59.3 Å². The molecular formula is C19H23NOS. The van der Waals surface area contributed by atoms with Gasteiger partial charge >= 0.3 is 0 Å². The number of fused-ring (bicyclic) bond motifs is 1. The predicted molar refractivity (Wildman–Crippen MR) is 93.1 cm³/mol. The van der Waals surface area contributed by atoms with E-state index in [0.29, 0.717) is 5.92 Å². The Morgan fingerprint density at radius 3 is 2.18 bits per heavy atom. The molecule has 0 heterocycles. The lowest BCUT2D eigenvalue weighted by atomic mass is 9.93. The van der Waals surface area contributed by atoms with Crippen LogP contribution in [0.15, 0.2) is 54.6 Å². The van der Waals surface area contributed by atoms with Crippen LogP contribution in [0.1, 0.15) is 55.8 Å². The van der Waals surface area contributed by atoms with E-state index in [4.69, 9.17) is 0 Å². The third kappa shape index (κ3) is 3.01. The molecule has 0 aromatic heterocycles. The fraction of sp³-hybridized carbons (Fsp3) is 0.368. The maximum Gasteiger partial charge on any atom is 0.0975 e. The summed E-state index contributed by atoms with van der Waals surface area (Å²) in [6.45, 7) is 6.02. The molecule has 22 heavy (non-hydrogen) atoms. The second-order valence-corrected chi connectivity index (χ2v) is 8.88. The minimum Gasteiger partial charge on any atom is -0.242 e. The molecule has 0 aliphatic heterocycles. The van der Waals surface area contributed by atoms with Crippen LogP contribution >= 0.6 is 0 Å². The van der Waals surface area contributed by atoms with Crippen LogP contribution in [0.3, 0.4) is 0 Å². The van der Waals surface area contributed by atoms with Crippen molar-refractivity contribution in [3.63, 3.8) is 0 Å². The lowest BCUT2D eigenvalue weighted by Gasteiger charge is -2.22. The largest absolute Gasteiger partial charge is 0.242 e. The van der Waals surface area contributed by atoms with Gasteiger partial charge in [-0.3, -0.25) is 0 Å². The van der Waals surface area contributed by atoms with Crippen molar-refractivity contribution in [2.24, 2.45) is 0 Å². The third-order valence-electron chi connectivity index (χ3n) is 4.23. The first kappa shape index (κ1) is 15.4. The Hall–Kier alpha value is -1.45. The Morgan fingerprint density at radius 1 is 0.955 bits per heavy atom. The summed E-state index contributed by atoms with van der Waals surface area (Å²) in [5, 5.41) is 0. The van der Waals surface area contributed by atoms with Gasteiger partial charge in [-0.25, -0.2) is 8.93 Å². The first-order valence-corrected chi connectivity index (χ1v) is 8.93. The number of hydrogen-bond acceptors (Lipinski definition) is 1. The van der Waals surface area contributed by atoms with E-state index in [1.54, 1.807) is 0 Å². The summed E-state index contributed by atoms with van der Waals surface area (Å²) in [5.74, 6) is 0.381. The van der Waals surface area contributed by atoms with Crippen LogP contribution in [0.2, 0.25) is 0 Å². The fourth-order valence-electron chi connectivity index (χ4n) is 3.05. The highest BCUT2D eigenvalue weighted by atomic mass is 32.2. The molecule has 2 nitrogen and oxygen atoms in total. The van der Waals surface area contributed by atoms with Crippen molar-refractivity contribution in [2.45, 2.75) is 43.9 Å². The van der Waals surface area contributed by atoms with Crippen molar-refractivity contribution < 1.29 is 4.21 Å². The van der Waals surface area contributed by atoms with Crippen molar-refractivity contribution in [3.05, 3.63) is 71.3 Å². The van der Waals surface area contributed by atoms with E-state index >= 15 is 0 Å². The lowest BCUT2D eigenvalue weighted by Crippen LogP contribution is -2.35. The molecule has 0 bridgehead atoms. The molecule has 0 amide bonds. The van der Waals surface area contributed by atoms with Crippen molar-refractivity contribution in [1.82, 2.24) is 4.72 Å². The van der Waals surface area contributed by atoms with E-state index in [-0.39, 0.29) is 10.8 Å². The van der Waals surface area contributed by atoms with Crippen molar-refractivity contribution >= 4 is 11.0 Å². The predicted octanol–water partition coefficient (Wildman–Crippen LogP) is 4.32. The van der Waals surface area contributed by atoms with E-state index < -0.39 is 11.0 Å². The molecule has 3 heteroatoms. The molecule has 1 N–H and O–H groups in total. The van der Waals surface area contributed by atoms with Crippen LogP contribution in [-0.4, -0.2) is 8.96 Å². The van der Waals surface area contributed by atoms with Crippen molar-refractivity contribution in [1.29, 1.82) is 0 Å². The molecular weight excluding hydrogens is 290 g/mol. The highest BCUT2D eigenvalue weighted by Crippen LogP contribution is 2.44. The molecule has 0 saturated carbocycles. The Balaban J connectivity index is 1.91. The van der Waals surface area contributed by atoms with E-state index in [0.717, 1.165) is 6.42 Å². The number of benzene rings is 2. The number of nitrogens with one attached hydrogen (secondary N) is 1. The number of rotatable bonds is 3. The van der Waals surface area contributed by atoms with Crippen LogP contribution in [0, 0.1) is 0 Å². The van der Waals surface area contributed by atoms with E-state index in [1.165, 1.54) is 16.7 Å². The monoisotopic (exact) mass is 313 g/mol. The van der Waals surface area contributed by atoms with Crippen LogP contribution in [0.5, 0.6) is 0 Å². The van der Waals surface area contributed by atoms with Crippen LogP contribution in [0.4, 0.5) is 0 Å². The van der Waals surface area contributed by atoms with Gasteiger partial charge in [0.2, 0.25) is 0 Å². The minimum atomic E-state index is -1.06. The molecule has 3 rings (SSSR count). The van der Waals surface area contributed by atoms with Crippen molar-refractivity contribution in [3.8, 4) is 0 Å². The molecule has 0 saturated heterocycles.